The number of nitrogens with one attached hydrogen (secondary N) is 2. The van der Waals surface area contributed by atoms with Crippen LogP contribution in [0.3, 0.4) is 0 Å². The van der Waals surface area contributed by atoms with Crippen molar-refractivity contribution in [3.05, 3.63) is 29.8 Å². The van der Waals surface area contributed by atoms with Crippen LogP contribution in [0.2, 0.25) is 0 Å². The number of amides is 2. The first-order valence-electron chi connectivity index (χ1n) is 6.36. The number of aryl methyl sites for hydroxylation is 1. The summed E-state index contributed by atoms with van der Waals surface area (Å²) >= 11 is 0. The second-order valence-electron chi connectivity index (χ2n) is 5.15. The second kappa shape index (κ2) is 5.40. The van der Waals surface area contributed by atoms with Gasteiger partial charge in [0.1, 0.15) is 0 Å². The molecule has 4 nitrogen and oxygen atoms in total. The van der Waals surface area contributed by atoms with E-state index in [4.69, 9.17) is 5.11 Å². The molecule has 2 rings (SSSR count). The molecule has 0 unspecified atom stereocenters. The van der Waals surface area contributed by atoms with E-state index >= 15 is 0 Å². The summed E-state index contributed by atoms with van der Waals surface area (Å²) in [5.74, 6) is 0. The van der Waals surface area contributed by atoms with Crippen LogP contribution in [-0.4, -0.2) is 24.3 Å². The lowest BCUT2D eigenvalue weighted by molar-refractivity contribution is 0.234. The third-order valence-electron chi connectivity index (χ3n) is 3.53. The number of hydrogen-bond acceptors (Lipinski definition) is 2. The predicted molar refractivity (Wildman–Crippen MR) is 71.6 cm³/mol. The summed E-state index contributed by atoms with van der Waals surface area (Å²) in [6.45, 7) is 2.85. The molecule has 0 bridgehead atoms. The highest BCUT2D eigenvalue weighted by Gasteiger charge is 2.41. The van der Waals surface area contributed by atoms with Gasteiger partial charge in [-0.1, -0.05) is 17.7 Å². The molecule has 18 heavy (non-hydrogen) atoms. The second-order valence-corrected chi connectivity index (χ2v) is 5.15. The lowest BCUT2D eigenvalue weighted by atomic mass is 10.0. The lowest BCUT2D eigenvalue weighted by Gasteiger charge is -2.15. The number of aliphatic hydroxyl groups is 1. The molecule has 1 aromatic rings. The van der Waals surface area contributed by atoms with Gasteiger partial charge >= 0.3 is 6.03 Å². The molecule has 1 fully saturated rings. The average molecular weight is 248 g/mol. The monoisotopic (exact) mass is 248 g/mol. The molecule has 1 aliphatic rings. The first-order chi connectivity index (χ1) is 8.63. The van der Waals surface area contributed by atoms with E-state index in [-0.39, 0.29) is 18.1 Å². The molecule has 4 heteroatoms. The van der Waals surface area contributed by atoms with E-state index in [0.717, 1.165) is 24.9 Å². The molecule has 1 aliphatic carbocycles. The van der Waals surface area contributed by atoms with Crippen LogP contribution in [0.1, 0.15) is 24.8 Å². The molecule has 0 saturated heterocycles. The third-order valence-corrected chi connectivity index (χ3v) is 3.53. The molecule has 0 aliphatic heterocycles. The van der Waals surface area contributed by atoms with Crippen LogP contribution in [0.4, 0.5) is 10.5 Å². The highest BCUT2D eigenvalue weighted by molar-refractivity contribution is 5.89. The zero-order valence-corrected chi connectivity index (χ0v) is 10.7. The third kappa shape index (κ3) is 3.47. The van der Waals surface area contributed by atoms with Crippen molar-refractivity contribution in [2.75, 3.05) is 18.5 Å². The highest BCUT2D eigenvalue weighted by atomic mass is 16.3. The molecular formula is C14H20N2O2. The van der Waals surface area contributed by atoms with Crippen molar-refractivity contribution in [3.63, 3.8) is 0 Å². The maximum absolute atomic E-state index is 11.7. The first kappa shape index (κ1) is 12.9. The summed E-state index contributed by atoms with van der Waals surface area (Å²) in [5.41, 5.74) is 2.12. The van der Waals surface area contributed by atoms with Gasteiger partial charge in [0, 0.05) is 18.8 Å². The number of anilines is 1. The Hall–Kier alpha value is -1.55. The Bertz CT molecular complexity index is 410. The van der Waals surface area contributed by atoms with Gasteiger partial charge in [0.2, 0.25) is 0 Å². The molecule has 0 atom stereocenters. The fourth-order valence-electron chi connectivity index (χ4n) is 2.01. The number of urea groups is 1. The van der Waals surface area contributed by atoms with E-state index in [2.05, 4.69) is 10.6 Å². The zero-order valence-electron chi connectivity index (χ0n) is 10.7. The molecule has 0 aromatic heterocycles. The van der Waals surface area contributed by atoms with Gasteiger partial charge in [-0.3, -0.25) is 0 Å². The molecule has 0 heterocycles. The van der Waals surface area contributed by atoms with Gasteiger partial charge in [-0.2, -0.15) is 0 Å². The minimum absolute atomic E-state index is 0.152. The number of rotatable bonds is 5. The fourth-order valence-corrected chi connectivity index (χ4v) is 2.01. The molecule has 0 radical (unpaired) electrons. The van der Waals surface area contributed by atoms with Crippen molar-refractivity contribution in [1.82, 2.24) is 5.32 Å². The van der Waals surface area contributed by atoms with E-state index in [0.29, 0.717) is 6.54 Å². The van der Waals surface area contributed by atoms with Gasteiger partial charge in [0.05, 0.1) is 0 Å². The summed E-state index contributed by atoms with van der Waals surface area (Å²) < 4.78 is 0. The van der Waals surface area contributed by atoms with Crippen LogP contribution in [0.15, 0.2) is 24.3 Å². The van der Waals surface area contributed by atoms with E-state index in [1.165, 1.54) is 5.56 Å². The highest BCUT2D eigenvalue weighted by Crippen LogP contribution is 2.47. The van der Waals surface area contributed by atoms with Gasteiger partial charge in [0.15, 0.2) is 0 Å². The van der Waals surface area contributed by atoms with Crippen LogP contribution in [0.5, 0.6) is 0 Å². The van der Waals surface area contributed by atoms with Gasteiger partial charge in [-0.15, -0.1) is 0 Å². The normalized spacial score (nSPS) is 16.1. The Balaban J connectivity index is 1.77. The first-order valence-corrected chi connectivity index (χ1v) is 6.36. The Morgan fingerprint density at radius 1 is 1.33 bits per heavy atom. The number of benzene rings is 1. The summed E-state index contributed by atoms with van der Waals surface area (Å²) in [5, 5.41) is 14.6. The van der Waals surface area contributed by atoms with Crippen molar-refractivity contribution >= 4 is 11.7 Å². The van der Waals surface area contributed by atoms with Crippen molar-refractivity contribution in [3.8, 4) is 0 Å². The number of carbonyl (C=O) groups excluding carboxylic acids is 1. The molecular weight excluding hydrogens is 228 g/mol. The summed E-state index contributed by atoms with van der Waals surface area (Å²) in [6, 6.07) is 7.52. The standard InChI is InChI=1S/C14H20N2O2/c1-11-2-4-12(5-3-11)16-13(18)15-10-14(6-7-14)8-9-17/h2-5,17H,6-10H2,1H3,(H2,15,16,18). The minimum atomic E-state index is -0.178. The van der Waals surface area contributed by atoms with Gasteiger partial charge < -0.3 is 15.7 Å². The van der Waals surface area contributed by atoms with Crippen LogP contribution in [0, 0.1) is 12.3 Å². The van der Waals surface area contributed by atoms with Gasteiger partial charge in [0.25, 0.3) is 0 Å². The number of hydrogen-bond donors (Lipinski definition) is 3. The molecule has 2 amide bonds. The number of carbonyl (C=O) groups is 1. The SMILES string of the molecule is Cc1ccc(NC(=O)NCC2(CCO)CC2)cc1. The largest absolute Gasteiger partial charge is 0.396 e. The lowest BCUT2D eigenvalue weighted by Crippen LogP contribution is -2.34. The van der Waals surface area contributed by atoms with Crippen LogP contribution in [0.25, 0.3) is 0 Å². The fraction of sp³-hybridized carbons (Fsp3) is 0.500. The quantitative estimate of drug-likeness (QED) is 0.748. The van der Waals surface area contributed by atoms with Crippen molar-refractivity contribution in [1.29, 1.82) is 0 Å². The maximum atomic E-state index is 11.7. The summed E-state index contributed by atoms with van der Waals surface area (Å²) in [7, 11) is 0. The topological polar surface area (TPSA) is 61.4 Å². The van der Waals surface area contributed by atoms with Crippen LogP contribution in [-0.2, 0) is 0 Å². The Kier molecular flexibility index (Phi) is 3.87. The molecule has 1 saturated carbocycles. The molecule has 98 valence electrons. The number of aliphatic hydroxyl groups excluding tert-OH is 1. The summed E-state index contributed by atoms with van der Waals surface area (Å²) in [6.07, 6.45) is 2.97. The predicted octanol–water partition coefficient (Wildman–Crippen LogP) is 2.28. The average Bonchev–Trinajstić information content (AvgIpc) is 3.11. The Morgan fingerprint density at radius 3 is 2.56 bits per heavy atom. The maximum Gasteiger partial charge on any atom is 0.319 e. The molecule has 3 N–H and O–H groups in total. The van der Waals surface area contributed by atoms with Crippen LogP contribution >= 0.6 is 0 Å². The summed E-state index contributed by atoms with van der Waals surface area (Å²) in [4.78, 5) is 11.7. The molecule has 1 aromatic carbocycles. The smallest absolute Gasteiger partial charge is 0.319 e. The van der Waals surface area contributed by atoms with E-state index in [9.17, 15) is 4.79 Å². The van der Waals surface area contributed by atoms with Crippen LogP contribution < -0.4 is 10.6 Å². The van der Waals surface area contributed by atoms with E-state index < -0.39 is 0 Å². The van der Waals surface area contributed by atoms with E-state index in [1.54, 1.807) is 0 Å². The van der Waals surface area contributed by atoms with Crippen molar-refractivity contribution < 1.29 is 9.90 Å². The van der Waals surface area contributed by atoms with Gasteiger partial charge in [-0.25, -0.2) is 4.79 Å². The zero-order chi connectivity index (χ0) is 13.0. The van der Waals surface area contributed by atoms with Crippen molar-refractivity contribution in [2.24, 2.45) is 5.41 Å². The minimum Gasteiger partial charge on any atom is -0.396 e. The van der Waals surface area contributed by atoms with Crippen molar-refractivity contribution in [2.45, 2.75) is 26.2 Å². The Labute approximate surface area is 107 Å². The molecule has 0 spiro atoms. The van der Waals surface area contributed by atoms with Gasteiger partial charge in [-0.05, 0) is 43.7 Å². The Morgan fingerprint density at radius 2 is 2.00 bits per heavy atom. The van der Waals surface area contributed by atoms with E-state index in [1.807, 2.05) is 31.2 Å².